The molecule has 1 aromatic carbocycles. The number of para-hydroxylation sites is 1. The quantitative estimate of drug-likeness (QED) is 0.714. The standard InChI is InChI=1S/C13H18N2O3/c1-9(14-10(2)13(17)18)8-12(16)15-11-6-4-3-5-7-11/h3-7,9-10,14H,8H2,1-2H3,(H,15,16)(H,17,18). The molecule has 0 aliphatic carbocycles. The second-order valence-corrected chi connectivity index (χ2v) is 4.25. The fourth-order valence-electron chi connectivity index (χ4n) is 1.57. The van der Waals surface area contributed by atoms with Crippen molar-refractivity contribution in [1.82, 2.24) is 5.32 Å². The zero-order chi connectivity index (χ0) is 13.5. The molecule has 5 nitrogen and oxygen atoms in total. The molecule has 18 heavy (non-hydrogen) atoms. The number of nitrogens with one attached hydrogen (secondary N) is 2. The summed E-state index contributed by atoms with van der Waals surface area (Å²) in [4.78, 5) is 22.3. The van der Waals surface area contributed by atoms with E-state index in [0.29, 0.717) is 0 Å². The Morgan fingerprint density at radius 2 is 1.83 bits per heavy atom. The largest absolute Gasteiger partial charge is 0.480 e. The highest BCUT2D eigenvalue weighted by Gasteiger charge is 2.16. The molecule has 0 fully saturated rings. The van der Waals surface area contributed by atoms with E-state index in [9.17, 15) is 9.59 Å². The molecule has 2 unspecified atom stereocenters. The van der Waals surface area contributed by atoms with Gasteiger partial charge in [0.15, 0.2) is 0 Å². The number of carbonyl (C=O) groups is 2. The monoisotopic (exact) mass is 250 g/mol. The van der Waals surface area contributed by atoms with Gasteiger partial charge in [0.1, 0.15) is 6.04 Å². The minimum absolute atomic E-state index is 0.140. The Labute approximate surface area is 106 Å². The smallest absolute Gasteiger partial charge is 0.320 e. The number of carboxylic acid groups (broad SMARTS) is 1. The average molecular weight is 250 g/mol. The molecule has 0 aliphatic heterocycles. The van der Waals surface area contributed by atoms with Gasteiger partial charge in [-0.1, -0.05) is 18.2 Å². The third-order valence-corrected chi connectivity index (χ3v) is 2.45. The van der Waals surface area contributed by atoms with Crippen molar-refractivity contribution >= 4 is 17.6 Å². The number of carbonyl (C=O) groups excluding carboxylic acids is 1. The van der Waals surface area contributed by atoms with E-state index in [2.05, 4.69) is 10.6 Å². The van der Waals surface area contributed by atoms with Crippen LogP contribution in [0.5, 0.6) is 0 Å². The maximum Gasteiger partial charge on any atom is 0.320 e. The van der Waals surface area contributed by atoms with Crippen molar-refractivity contribution in [2.45, 2.75) is 32.4 Å². The van der Waals surface area contributed by atoms with E-state index in [1.54, 1.807) is 26.0 Å². The van der Waals surface area contributed by atoms with Gasteiger partial charge in [-0.05, 0) is 26.0 Å². The van der Waals surface area contributed by atoms with Crippen molar-refractivity contribution in [3.05, 3.63) is 30.3 Å². The van der Waals surface area contributed by atoms with Crippen LogP contribution in [0.3, 0.4) is 0 Å². The lowest BCUT2D eigenvalue weighted by Crippen LogP contribution is -2.41. The Balaban J connectivity index is 2.38. The van der Waals surface area contributed by atoms with Crippen molar-refractivity contribution in [3.8, 4) is 0 Å². The van der Waals surface area contributed by atoms with Gasteiger partial charge in [-0.15, -0.1) is 0 Å². The van der Waals surface area contributed by atoms with Crippen LogP contribution in [0.4, 0.5) is 5.69 Å². The third-order valence-electron chi connectivity index (χ3n) is 2.45. The Morgan fingerprint density at radius 3 is 2.39 bits per heavy atom. The fraction of sp³-hybridized carbons (Fsp3) is 0.385. The molecule has 3 N–H and O–H groups in total. The van der Waals surface area contributed by atoms with Gasteiger partial charge in [0.05, 0.1) is 0 Å². The van der Waals surface area contributed by atoms with Gasteiger partial charge >= 0.3 is 5.97 Å². The lowest BCUT2D eigenvalue weighted by Gasteiger charge is -2.16. The molecule has 0 saturated carbocycles. The van der Waals surface area contributed by atoms with Crippen LogP contribution in [-0.2, 0) is 9.59 Å². The van der Waals surface area contributed by atoms with Gasteiger partial charge in [-0.25, -0.2) is 0 Å². The van der Waals surface area contributed by atoms with Crippen molar-refractivity contribution < 1.29 is 14.7 Å². The number of amides is 1. The minimum Gasteiger partial charge on any atom is -0.480 e. The first-order chi connectivity index (χ1) is 8.49. The van der Waals surface area contributed by atoms with Crippen LogP contribution in [0.15, 0.2) is 30.3 Å². The first-order valence-corrected chi connectivity index (χ1v) is 5.83. The van der Waals surface area contributed by atoms with Gasteiger partial charge in [-0.2, -0.15) is 0 Å². The van der Waals surface area contributed by atoms with Crippen LogP contribution >= 0.6 is 0 Å². The van der Waals surface area contributed by atoms with Gasteiger partial charge in [0.2, 0.25) is 5.91 Å². The molecule has 1 amide bonds. The summed E-state index contributed by atoms with van der Waals surface area (Å²) in [5.74, 6) is -1.07. The Kier molecular flexibility index (Phi) is 5.32. The average Bonchev–Trinajstić information content (AvgIpc) is 2.29. The highest BCUT2D eigenvalue weighted by molar-refractivity contribution is 5.91. The number of rotatable bonds is 6. The van der Waals surface area contributed by atoms with Crippen molar-refractivity contribution in [2.75, 3.05) is 5.32 Å². The molecular formula is C13H18N2O3. The van der Waals surface area contributed by atoms with Crippen molar-refractivity contribution in [3.63, 3.8) is 0 Å². The SMILES string of the molecule is CC(CC(=O)Nc1ccccc1)NC(C)C(=O)O. The van der Waals surface area contributed by atoms with Crippen LogP contribution < -0.4 is 10.6 Å². The summed E-state index contributed by atoms with van der Waals surface area (Å²) in [6, 6.07) is 8.29. The number of anilines is 1. The van der Waals surface area contributed by atoms with E-state index >= 15 is 0 Å². The molecule has 0 aliphatic rings. The summed E-state index contributed by atoms with van der Waals surface area (Å²) in [6.45, 7) is 3.33. The highest BCUT2D eigenvalue weighted by Crippen LogP contribution is 2.06. The predicted octanol–water partition coefficient (Wildman–Crippen LogP) is 1.47. The van der Waals surface area contributed by atoms with Gasteiger partial charge in [-0.3, -0.25) is 9.59 Å². The van der Waals surface area contributed by atoms with Crippen LogP contribution in [0, 0.1) is 0 Å². The van der Waals surface area contributed by atoms with Crippen molar-refractivity contribution in [1.29, 1.82) is 0 Å². The lowest BCUT2D eigenvalue weighted by molar-refractivity contribution is -0.139. The molecule has 0 spiro atoms. The summed E-state index contributed by atoms with van der Waals surface area (Å²) in [6.07, 6.45) is 0.229. The van der Waals surface area contributed by atoms with E-state index in [1.165, 1.54) is 0 Å². The zero-order valence-electron chi connectivity index (χ0n) is 10.5. The number of hydrogen-bond donors (Lipinski definition) is 3. The highest BCUT2D eigenvalue weighted by atomic mass is 16.4. The number of aliphatic carboxylic acids is 1. The van der Waals surface area contributed by atoms with Gasteiger partial charge in [0.25, 0.3) is 0 Å². The minimum atomic E-state index is -0.926. The molecule has 1 rings (SSSR count). The maximum absolute atomic E-state index is 11.7. The molecule has 1 aromatic rings. The summed E-state index contributed by atoms with van der Waals surface area (Å²) < 4.78 is 0. The maximum atomic E-state index is 11.7. The van der Waals surface area contributed by atoms with E-state index < -0.39 is 12.0 Å². The summed E-state index contributed by atoms with van der Waals surface area (Å²) in [7, 11) is 0. The summed E-state index contributed by atoms with van der Waals surface area (Å²) in [5, 5.41) is 14.3. The Hall–Kier alpha value is -1.88. The van der Waals surface area contributed by atoms with Gasteiger partial charge < -0.3 is 15.7 Å². The van der Waals surface area contributed by atoms with E-state index in [1.807, 2.05) is 18.2 Å². The topological polar surface area (TPSA) is 78.4 Å². The zero-order valence-corrected chi connectivity index (χ0v) is 10.5. The first kappa shape index (κ1) is 14.2. The molecular weight excluding hydrogens is 232 g/mol. The molecule has 0 bridgehead atoms. The summed E-state index contributed by atoms with van der Waals surface area (Å²) >= 11 is 0. The van der Waals surface area contributed by atoms with Gasteiger partial charge in [0, 0.05) is 18.2 Å². The first-order valence-electron chi connectivity index (χ1n) is 5.83. The molecule has 0 saturated heterocycles. The molecule has 2 atom stereocenters. The summed E-state index contributed by atoms with van der Waals surface area (Å²) in [5.41, 5.74) is 0.737. The van der Waals surface area contributed by atoms with E-state index in [0.717, 1.165) is 5.69 Å². The Bertz CT molecular complexity index is 406. The normalized spacial score (nSPS) is 13.7. The predicted molar refractivity (Wildman–Crippen MR) is 69.4 cm³/mol. The number of hydrogen-bond acceptors (Lipinski definition) is 3. The molecule has 5 heteroatoms. The van der Waals surface area contributed by atoms with Crippen molar-refractivity contribution in [2.24, 2.45) is 0 Å². The lowest BCUT2D eigenvalue weighted by atomic mass is 10.2. The molecule has 0 aromatic heterocycles. The van der Waals surface area contributed by atoms with E-state index in [-0.39, 0.29) is 18.4 Å². The third kappa shape index (κ3) is 4.97. The number of benzene rings is 1. The molecule has 98 valence electrons. The van der Waals surface area contributed by atoms with Crippen LogP contribution in [0.1, 0.15) is 20.3 Å². The van der Waals surface area contributed by atoms with Crippen LogP contribution in [-0.4, -0.2) is 29.1 Å². The molecule has 0 radical (unpaired) electrons. The molecule has 0 heterocycles. The van der Waals surface area contributed by atoms with Crippen LogP contribution in [0.25, 0.3) is 0 Å². The Morgan fingerprint density at radius 1 is 1.22 bits per heavy atom. The fourth-order valence-corrected chi connectivity index (χ4v) is 1.57. The second-order valence-electron chi connectivity index (χ2n) is 4.25. The van der Waals surface area contributed by atoms with Crippen LogP contribution in [0.2, 0.25) is 0 Å². The van der Waals surface area contributed by atoms with E-state index in [4.69, 9.17) is 5.11 Å². The second kappa shape index (κ2) is 6.76. The number of carboxylic acids is 1.